The number of likely N-dealkylation sites (N-methyl/N-ethyl adjacent to an activating group) is 1. The quantitative estimate of drug-likeness (QED) is 0.883. The van der Waals surface area contributed by atoms with Crippen molar-refractivity contribution in [2.75, 3.05) is 18.9 Å². The zero-order valence-electron chi connectivity index (χ0n) is 12.6. The number of hydrogen-bond acceptors (Lipinski definition) is 5. The summed E-state index contributed by atoms with van der Waals surface area (Å²) >= 11 is 0. The molecule has 122 valence electrons. The summed E-state index contributed by atoms with van der Waals surface area (Å²) in [7, 11) is 1.72. The standard InChI is InChI=1S/C15H16F2N4O2/c1-21(7-13-19-15(23-20-13)9-2-3-9)8-14(22)18-12-5-10(16)4-11(17)6-12/h4-6,9H,2-3,7-8H2,1H3,(H,18,22). The van der Waals surface area contributed by atoms with E-state index in [1.165, 1.54) is 0 Å². The summed E-state index contributed by atoms with van der Waals surface area (Å²) in [6, 6.07) is 2.86. The molecule has 0 spiro atoms. The molecule has 1 aromatic carbocycles. The normalized spacial score (nSPS) is 14.3. The number of hydrogen-bond donors (Lipinski definition) is 1. The van der Waals surface area contributed by atoms with E-state index < -0.39 is 11.6 Å². The lowest BCUT2D eigenvalue weighted by Gasteiger charge is -2.14. The van der Waals surface area contributed by atoms with Gasteiger partial charge in [-0.2, -0.15) is 4.98 Å². The first kappa shape index (κ1) is 15.5. The number of nitrogens with zero attached hydrogens (tertiary/aromatic N) is 3. The predicted molar refractivity (Wildman–Crippen MR) is 77.6 cm³/mol. The minimum absolute atomic E-state index is 0.0332. The van der Waals surface area contributed by atoms with E-state index in [1.54, 1.807) is 11.9 Å². The molecule has 1 amide bonds. The van der Waals surface area contributed by atoms with E-state index in [9.17, 15) is 13.6 Å². The van der Waals surface area contributed by atoms with Crippen LogP contribution in [0.5, 0.6) is 0 Å². The minimum Gasteiger partial charge on any atom is -0.339 e. The van der Waals surface area contributed by atoms with Crippen molar-refractivity contribution in [2.45, 2.75) is 25.3 Å². The van der Waals surface area contributed by atoms with Crippen molar-refractivity contribution in [3.63, 3.8) is 0 Å². The zero-order chi connectivity index (χ0) is 16.4. The van der Waals surface area contributed by atoms with Crippen LogP contribution in [0, 0.1) is 11.6 Å². The topological polar surface area (TPSA) is 71.3 Å². The van der Waals surface area contributed by atoms with E-state index in [0.29, 0.717) is 24.2 Å². The Hall–Kier alpha value is -2.35. The van der Waals surface area contributed by atoms with Gasteiger partial charge in [-0.05, 0) is 32.0 Å². The van der Waals surface area contributed by atoms with Crippen LogP contribution in [0.15, 0.2) is 22.7 Å². The van der Waals surface area contributed by atoms with Crippen LogP contribution in [-0.2, 0) is 11.3 Å². The van der Waals surface area contributed by atoms with Gasteiger partial charge in [0, 0.05) is 17.7 Å². The number of carbonyl (C=O) groups excluding carboxylic acids is 1. The highest BCUT2D eigenvalue weighted by atomic mass is 19.1. The van der Waals surface area contributed by atoms with E-state index in [0.717, 1.165) is 31.0 Å². The molecule has 0 bridgehead atoms. The van der Waals surface area contributed by atoms with Crippen LogP contribution < -0.4 is 5.32 Å². The minimum atomic E-state index is -0.743. The fourth-order valence-corrected chi connectivity index (χ4v) is 2.20. The van der Waals surface area contributed by atoms with E-state index in [1.807, 2.05) is 0 Å². The zero-order valence-corrected chi connectivity index (χ0v) is 12.6. The first-order valence-corrected chi connectivity index (χ1v) is 7.26. The van der Waals surface area contributed by atoms with Crippen LogP contribution in [-0.4, -0.2) is 34.5 Å². The molecule has 8 heteroatoms. The Kier molecular flexibility index (Phi) is 4.33. The van der Waals surface area contributed by atoms with Crippen molar-refractivity contribution in [2.24, 2.45) is 0 Å². The molecule has 1 heterocycles. The van der Waals surface area contributed by atoms with Crippen LogP contribution in [0.2, 0.25) is 0 Å². The Morgan fingerprint density at radius 3 is 2.70 bits per heavy atom. The van der Waals surface area contributed by atoms with Crippen molar-refractivity contribution in [3.05, 3.63) is 41.5 Å². The lowest BCUT2D eigenvalue weighted by atomic mass is 10.3. The van der Waals surface area contributed by atoms with E-state index in [4.69, 9.17) is 4.52 Å². The van der Waals surface area contributed by atoms with Crippen molar-refractivity contribution in [1.82, 2.24) is 15.0 Å². The number of nitrogens with one attached hydrogen (secondary N) is 1. The summed E-state index contributed by atoms with van der Waals surface area (Å²) < 4.78 is 31.3. The van der Waals surface area contributed by atoms with Crippen LogP contribution in [0.1, 0.15) is 30.5 Å². The van der Waals surface area contributed by atoms with Crippen LogP contribution >= 0.6 is 0 Å². The summed E-state index contributed by atoms with van der Waals surface area (Å²) in [6.45, 7) is 0.382. The highest BCUT2D eigenvalue weighted by molar-refractivity contribution is 5.92. The molecule has 1 N–H and O–H groups in total. The maximum atomic E-state index is 13.1. The van der Waals surface area contributed by atoms with E-state index in [2.05, 4.69) is 15.5 Å². The lowest BCUT2D eigenvalue weighted by molar-refractivity contribution is -0.117. The van der Waals surface area contributed by atoms with Gasteiger partial charge in [-0.25, -0.2) is 8.78 Å². The molecule has 2 aromatic rings. The average Bonchev–Trinajstić information content (AvgIpc) is 3.18. The lowest BCUT2D eigenvalue weighted by Crippen LogP contribution is -2.30. The van der Waals surface area contributed by atoms with E-state index in [-0.39, 0.29) is 18.1 Å². The third-order valence-corrected chi connectivity index (χ3v) is 3.38. The molecular formula is C15H16F2N4O2. The molecule has 0 unspecified atom stereocenters. The number of rotatable bonds is 6. The number of anilines is 1. The first-order valence-electron chi connectivity index (χ1n) is 7.26. The van der Waals surface area contributed by atoms with Gasteiger partial charge in [0.25, 0.3) is 0 Å². The fourth-order valence-electron chi connectivity index (χ4n) is 2.20. The molecule has 0 aliphatic heterocycles. The second-order valence-corrected chi connectivity index (χ2v) is 5.70. The highest BCUT2D eigenvalue weighted by Gasteiger charge is 2.29. The first-order chi connectivity index (χ1) is 11.0. The number of aromatic nitrogens is 2. The Bertz CT molecular complexity index is 695. The molecule has 23 heavy (non-hydrogen) atoms. The van der Waals surface area contributed by atoms with E-state index >= 15 is 0 Å². The van der Waals surface area contributed by atoms with Crippen molar-refractivity contribution < 1.29 is 18.1 Å². The Balaban J connectivity index is 1.51. The monoisotopic (exact) mass is 322 g/mol. The van der Waals surface area contributed by atoms with Crippen molar-refractivity contribution in [1.29, 1.82) is 0 Å². The Morgan fingerprint density at radius 1 is 1.35 bits per heavy atom. The van der Waals surface area contributed by atoms with Gasteiger partial charge in [0.1, 0.15) is 11.6 Å². The number of carbonyl (C=O) groups is 1. The maximum Gasteiger partial charge on any atom is 0.238 e. The molecule has 1 aliphatic carbocycles. The van der Waals surface area contributed by atoms with Crippen LogP contribution in [0.3, 0.4) is 0 Å². The molecule has 1 aromatic heterocycles. The molecular weight excluding hydrogens is 306 g/mol. The Morgan fingerprint density at radius 2 is 2.04 bits per heavy atom. The molecule has 0 atom stereocenters. The fraction of sp³-hybridized carbons (Fsp3) is 0.400. The van der Waals surface area contributed by atoms with Gasteiger partial charge in [-0.1, -0.05) is 5.16 Å². The van der Waals surface area contributed by atoms with Gasteiger partial charge < -0.3 is 9.84 Å². The molecule has 1 aliphatic rings. The number of amides is 1. The predicted octanol–water partition coefficient (Wildman–Crippen LogP) is 2.30. The van der Waals surface area contributed by atoms with Crippen LogP contribution in [0.25, 0.3) is 0 Å². The third kappa shape index (κ3) is 4.32. The van der Waals surface area contributed by atoms with Gasteiger partial charge in [-0.3, -0.25) is 9.69 Å². The second kappa shape index (κ2) is 6.41. The molecule has 6 nitrogen and oxygen atoms in total. The average molecular weight is 322 g/mol. The summed E-state index contributed by atoms with van der Waals surface area (Å²) in [5, 5.41) is 6.32. The van der Waals surface area contributed by atoms with Crippen molar-refractivity contribution in [3.8, 4) is 0 Å². The molecule has 3 rings (SSSR count). The largest absolute Gasteiger partial charge is 0.339 e. The highest BCUT2D eigenvalue weighted by Crippen LogP contribution is 2.38. The molecule has 0 radical (unpaired) electrons. The second-order valence-electron chi connectivity index (χ2n) is 5.70. The summed E-state index contributed by atoms with van der Waals surface area (Å²) in [4.78, 5) is 17.9. The summed E-state index contributed by atoms with van der Waals surface area (Å²) in [5.74, 6) is -0.329. The van der Waals surface area contributed by atoms with Gasteiger partial charge in [0.2, 0.25) is 11.8 Å². The third-order valence-electron chi connectivity index (χ3n) is 3.38. The summed E-state index contributed by atoms with van der Waals surface area (Å²) in [6.07, 6.45) is 2.15. The Labute approximate surface area is 131 Å². The molecule has 0 saturated heterocycles. The number of halogens is 2. The molecule has 1 fully saturated rings. The summed E-state index contributed by atoms with van der Waals surface area (Å²) in [5.41, 5.74) is 0.0801. The number of benzene rings is 1. The van der Waals surface area contributed by atoms with Gasteiger partial charge >= 0.3 is 0 Å². The van der Waals surface area contributed by atoms with Gasteiger partial charge in [0.15, 0.2) is 5.82 Å². The maximum absolute atomic E-state index is 13.1. The van der Waals surface area contributed by atoms with Crippen LogP contribution in [0.4, 0.5) is 14.5 Å². The smallest absolute Gasteiger partial charge is 0.238 e. The van der Waals surface area contributed by atoms with Gasteiger partial charge in [-0.15, -0.1) is 0 Å². The van der Waals surface area contributed by atoms with Gasteiger partial charge in [0.05, 0.1) is 13.1 Å². The van der Waals surface area contributed by atoms with Crippen molar-refractivity contribution >= 4 is 11.6 Å². The SMILES string of the molecule is CN(CC(=O)Nc1cc(F)cc(F)c1)Cc1noc(C2CC2)n1. The molecule has 1 saturated carbocycles.